The lowest BCUT2D eigenvalue weighted by atomic mass is 10.1. The minimum atomic E-state index is -2.74. The number of carbonyl (C=O) groups excluding carboxylic acids is 3. The van der Waals surface area contributed by atoms with Gasteiger partial charge in [0.15, 0.2) is 0 Å². The standard InChI is InChI=1S/3C17H17F2N5O2.CH3FS.4CH4/c3*1-9-5-4-6-11(7-9)15-21-17(26-23-15)10(2)20-16(25)13-8-12(14(18)19)22-24(13)3;1-3-2;;;;/h3*4-8,10,14H,1-3H3,(H,20,25);1H3;4*1H4/t2*10-;;;;;;/m10....../s1. The Morgan fingerprint density at radius 3 is 0.894 bits per heavy atom. The first-order valence-corrected chi connectivity index (χ1v) is 25.3. The van der Waals surface area contributed by atoms with Crippen molar-refractivity contribution < 1.29 is 58.2 Å². The molecule has 3 atom stereocenters. The third-order valence-electron chi connectivity index (χ3n) is 11.4. The topological polar surface area (TPSA) is 258 Å². The Kier molecular flexibility index (Phi) is 27.8. The van der Waals surface area contributed by atoms with Crippen LogP contribution in [0.4, 0.5) is 30.2 Å². The molecular weight excluding hydrogens is 1140 g/mol. The predicted molar refractivity (Wildman–Crippen MR) is 307 cm³/mol. The molecule has 0 saturated carbocycles. The molecule has 9 rings (SSSR count). The van der Waals surface area contributed by atoms with Gasteiger partial charge in [-0.2, -0.15) is 34.1 Å². The first kappa shape index (κ1) is 72.1. The van der Waals surface area contributed by atoms with Crippen molar-refractivity contribution in [3.05, 3.63) is 160 Å². The number of amides is 3. The van der Waals surface area contributed by atoms with Crippen LogP contribution >= 0.6 is 12.1 Å². The summed E-state index contributed by atoms with van der Waals surface area (Å²) in [7, 11) is 4.27. The molecule has 460 valence electrons. The quantitative estimate of drug-likeness (QED) is 0.0806. The van der Waals surface area contributed by atoms with Crippen LogP contribution in [0.5, 0.6) is 0 Å². The van der Waals surface area contributed by atoms with Gasteiger partial charge >= 0.3 is 0 Å². The number of nitrogens with one attached hydrogen (secondary N) is 3. The van der Waals surface area contributed by atoms with Gasteiger partial charge in [0.1, 0.15) is 52.3 Å². The molecule has 9 aromatic rings. The summed E-state index contributed by atoms with van der Waals surface area (Å²) >= 11 is 0.250. The lowest BCUT2D eigenvalue weighted by Crippen LogP contribution is -2.28. The average molecular weight is 1210 g/mol. The van der Waals surface area contributed by atoms with E-state index in [9.17, 15) is 44.6 Å². The van der Waals surface area contributed by atoms with E-state index in [0.29, 0.717) is 17.5 Å². The number of alkyl halides is 6. The summed E-state index contributed by atoms with van der Waals surface area (Å²) in [6.07, 6.45) is -6.85. The van der Waals surface area contributed by atoms with E-state index in [1.54, 1.807) is 20.8 Å². The van der Waals surface area contributed by atoms with E-state index in [4.69, 9.17) is 13.6 Å². The number of aromatic nitrogens is 12. The summed E-state index contributed by atoms with van der Waals surface area (Å²) in [6, 6.07) is 24.2. The van der Waals surface area contributed by atoms with Crippen LogP contribution in [0.2, 0.25) is 0 Å². The monoisotopic (exact) mass is 1210 g/mol. The van der Waals surface area contributed by atoms with E-state index < -0.39 is 72.2 Å². The van der Waals surface area contributed by atoms with Gasteiger partial charge in [0.25, 0.3) is 37.0 Å². The predicted octanol–water partition coefficient (Wildman–Crippen LogP) is 13.4. The number of hydrogen-bond donors (Lipinski definition) is 3. The summed E-state index contributed by atoms with van der Waals surface area (Å²) < 4.78 is 105. The van der Waals surface area contributed by atoms with E-state index in [1.807, 2.05) is 93.6 Å². The van der Waals surface area contributed by atoms with Crippen LogP contribution in [0, 0.1) is 20.8 Å². The van der Waals surface area contributed by atoms with Gasteiger partial charge in [0.05, 0.1) is 0 Å². The highest BCUT2D eigenvalue weighted by Gasteiger charge is 2.26. The Bertz CT molecular complexity index is 3200. The molecule has 0 aliphatic rings. The Balaban J connectivity index is 0.000000415. The third kappa shape index (κ3) is 19.3. The first-order valence-electron chi connectivity index (χ1n) is 24.2. The largest absolute Gasteiger partial charge is 0.339 e. The average Bonchev–Trinajstić information content (AvgIpc) is 3.76. The molecular formula is C56H70F7N15O6S. The van der Waals surface area contributed by atoms with E-state index >= 15 is 0 Å². The van der Waals surface area contributed by atoms with E-state index in [-0.39, 0.29) is 76.6 Å². The Morgan fingerprint density at radius 2 is 0.694 bits per heavy atom. The van der Waals surface area contributed by atoms with Crippen LogP contribution in [0.15, 0.2) is 105 Å². The maximum absolute atomic E-state index is 12.7. The molecule has 21 nitrogen and oxygen atoms in total. The molecule has 0 spiro atoms. The van der Waals surface area contributed by atoms with E-state index in [2.05, 4.69) is 61.7 Å². The summed E-state index contributed by atoms with van der Waals surface area (Å²) in [5.41, 5.74) is 4.26. The van der Waals surface area contributed by atoms with Crippen LogP contribution in [-0.4, -0.2) is 83.7 Å². The number of carbonyl (C=O) groups is 3. The van der Waals surface area contributed by atoms with Crippen molar-refractivity contribution in [2.24, 2.45) is 21.1 Å². The van der Waals surface area contributed by atoms with Crippen molar-refractivity contribution in [1.82, 2.24) is 75.7 Å². The van der Waals surface area contributed by atoms with Gasteiger partial charge in [-0.05, 0) is 77.9 Å². The summed E-state index contributed by atoms with van der Waals surface area (Å²) in [4.78, 5) is 49.8. The summed E-state index contributed by atoms with van der Waals surface area (Å²) in [6.45, 7) is 10.8. The molecule has 1 unspecified atom stereocenters. The second-order valence-electron chi connectivity index (χ2n) is 17.9. The maximum atomic E-state index is 12.7. The van der Waals surface area contributed by atoms with Crippen LogP contribution in [0.3, 0.4) is 0 Å². The Labute approximate surface area is 491 Å². The van der Waals surface area contributed by atoms with Crippen LogP contribution in [-0.2, 0) is 21.1 Å². The van der Waals surface area contributed by atoms with Gasteiger partial charge in [-0.3, -0.25) is 28.4 Å². The number of rotatable bonds is 15. The zero-order chi connectivity index (χ0) is 59.2. The summed E-state index contributed by atoms with van der Waals surface area (Å²) in [5.74, 6) is 0.184. The molecule has 0 fully saturated rings. The van der Waals surface area contributed by atoms with Crippen molar-refractivity contribution >= 4 is 29.9 Å². The number of hydrogen-bond acceptors (Lipinski definition) is 16. The second kappa shape index (κ2) is 32.7. The van der Waals surface area contributed by atoms with E-state index in [0.717, 1.165) is 65.6 Å². The molecule has 3 amide bonds. The molecule has 6 aromatic heterocycles. The fraction of sp³-hybridized carbons (Fsp3) is 0.357. The maximum Gasteiger partial charge on any atom is 0.282 e. The first-order chi connectivity index (χ1) is 38.5. The number of benzene rings is 3. The molecule has 0 bridgehead atoms. The van der Waals surface area contributed by atoms with Crippen LogP contribution in [0.1, 0.15) is 171 Å². The highest BCUT2D eigenvalue weighted by atomic mass is 32.2. The molecule has 3 aromatic carbocycles. The minimum Gasteiger partial charge on any atom is -0.339 e. The SMILES string of the molecule is C.C.C.C.CSF.Cc1cccc(-c2noc(C(C)NC(=O)c3cc(C(F)F)nn3C)n2)c1.Cc1cccc(-c2noc([C@@H](C)NC(=O)c3cc(C(F)F)nn3C)n2)c1.Cc1cccc(-c2noc([C@H](C)NC(=O)c3cc(C(F)F)nn3C)n2)c1. The van der Waals surface area contributed by atoms with Crippen molar-refractivity contribution in [1.29, 1.82) is 0 Å². The molecule has 0 saturated heterocycles. The molecule has 0 aliphatic carbocycles. The Morgan fingerprint density at radius 1 is 0.459 bits per heavy atom. The van der Waals surface area contributed by atoms with Crippen molar-refractivity contribution in [3.8, 4) is 34.2 Å². The lowest BCUT2D eigenvalue weighted by molar-refractivity contribution is 0.0915. The number of halogens is 7. The van der Waals surface area contributed by atoms with Gasteiger partial charge in [0.2, 0.25) is 35.1 Å². The van der Waals surface area contributed by atoms with Crippen molar-refractivity contribution in [2.45, 2.75) is 109 Å². The smallest absolute Gasteiger partial charge is 0.282 e. The Hall–Kier alpha value is -9.02. The van der Waals surface area contributed by atoms with Crippen LogP contribution < -0.4 is 16.0 Å². The highest BCUT2D eigenvalue weighted by Crippen LogP contribution is 2.25. The zero-order valence-corrected chi connectivity index (χ0v) is 45.8. The molecule has 85 heavy (non-hydrogen) atoms. The second-order valence-corrected chi connectivity index (χ2v) is 18.2. The third-order valence-corrected chi connectivity index (χ3v) is 11.4. The lowest BCUT2D eigenvalue weighted by Gasteiger charge is -2.09. The van der Waals surface area contributed by atoms with E-state index in [1.165, 1.54) is 27.4 Å². The molecule has 3 N–H and O–H groups in total. The molecule has 0 radical (unpaired) electrons. The van der Waals surface area contributed by atoms with Gasteiger partial charge in [0, 0.05) is 56.2 Å². The normalized spacial score (nSPS) is 11.6. The molecule has 29 heteroatoms. The van der Waals surface area contributed by atoms with Gasteiger partial charge in [-0.25, -0.2) is 26.3 Å². The zero-order valence-electron chi connectivity index (χ0n) is 45.0. The number of aryl methyl sites for hydroxylation is 6. The summed E-state index contributed by atoms with van der Waals surface area (Å²) in [5, 5.41) is 30.5. The van der Waals surface area contributed by atoms with Gasteiger partial charge < -0.3 is 29.5 Å². The van der Waals surface area contributed by atoms with Gasteiger partial charge in [-0.15, -0.1) is 0 Å². The van der Waals surface area contributed by atoms with Gasteiger partial charge in [-0.1, -0.05) is 116 Å². The fourth-order valence-electron chi connectivity index (χ4n) is 7.36. The fourth-order valence-corrected chi connectivity index (χ4v) is 7.36. The molecule has 0 aliphatic heterocycles. The minimum absolute atomic E-state index is 0. The number of nitrogens with zero attached hydrogens (tertiary/aromatic N) is 12. The van der Waals surface area contributed by atoms with Crippen molar-refractivity contribution in [2.75, 3.05) is 6.26 Å². The van der Waals surface area contributed by atoms with Crippen LogP contribution in [0.25, 0.3) is 34.2 Å². The van der Waals surface area contributed by atoms with Crippen molar-refractivity contribution in [3.63, 3.8) is 0 Å². The molecule has 6 heterocycles. The highest BCUT2D eigenvalue weighted by molar-refractivity contribution is 7.93.